The summed E-state index contributed by atoms with van der Waals surface area (Å²) in [6.45, 7) is 0.917. The first-order chi connectivity index (χ1) is 12.5. The van der Waals surface area contributed by atoms with Crippen molar-refractivity contribution in [1.29, 1.82) is 0 Å². The number of carbonyl (C=O) groups excluding carboxylic acids is 1. The van der Waals surface area contributed by atoms with Gasteiger partial charge in [0.15, 0.2) is 15.6 Å². The quantitative estimate of drug-likeness (QED) is 0.637. The van der Waals surface area contributed by atoms with Gasteiger partial charge in [-0.1, -0.05) is 0 Å². The number of pyridine rings is 1. The molecule has 144 valence electrons. The predicted molar refractivity (Wildman–Crippen MR) is 93.0 cm³/mol. The molecule has 10 nitrogen and oxygen atoms in total. The van der Waals surface area contributed by atoms with Gasteiger partial charge in [-0.3, -0.25) is 14.4 Å². The molecule has 0 fully saturated rings. The van der Waals surface area contributed by atoms with E-state index in [1.165, 1.54) is 12.1 Å². The molecular weight excluding hydrogens is 380 g/mol. The molecule has 2 heterocycles. The third kappa shape index (κ3) is 3.10. The van der Waals surface area contributed by atoms with E-state index in [9.17, 15) is 27.9 Å². The standard InChI is InChI=1S/C16H16N2O8S/c1-7-6-18-12-8(3-4-9(14(12)26-7)27(2,24)25)13(21)11(16(18)23)15(22)17-5-10(19)20/h3-4,7,21H,5-6H2,1-2H3,(H,17,22)(H,19,20). The molecule has 1 unspecified atom stereocenters. The number of nitrogens with one attached hydrogen (secondary N) is 1. The number of nitrogens with zero attached hydrogens (tertiary/aromatic N) is 1. The number of rotatable bonds is 4. The third-order valence-electron chi connectivity index (χ3n) is 4.10. The Bertz CT molecular complexity index is 1150. The van der Waals surface area contributed by atoms with Crippen LogP contribution in [0.4, 0.5) is 0 Å². The van der Waals surface area contributed by atoms with Gasteiger partial charge in [-0.05, 0) is 19.1 Å². The van der Waals surface area contributed by atoms with Gasteiger partial charge in [0, 0.05) is 11.6 Å². The number of aromatic hydroxyl groups is 1. The summed E-state index contributed by atoms with van der Waals surface area (Å²) in [4.78, 5) is 35.5. The molecule has 1 aliphatic heterocycles. The maximum atomic E-state index is 12.8. The molecule has 1 aromatic carbocycles. The summed E-state index contributed by atoms with van der Waals surface area (Å²) in [5, 5.41) is 21.2. The Balaban J connectivity index is 2.35. The molecule has 2 aromatic rings. The first kappa shape index (κ1) is 18.7. The highest BCUT2D eigenvalue weighted by Gasteiger charge is 2.31. The lowest BCUT2D eigenvalue weighted by molar-refractivity contribution is -0.135. The van der Waals surface area contributed by atoms with Crippen LogP contribution < -0.4 is 15.6 Å². The van der Waals surface area contributed by atoms with Crippen molar-refractivity contribution in [3.63, 3.8) is 0 Å². The van der Waals surface area contributed by atoms with Gasteiger partial charge in [0.1, 0.15) is 28.9 Å². The first-order valence-electron chi connectivity index (χ1n) is 7.81. The van der Waals surface area contributed by atoms with Gasteiger partial charge in [0.25, 0.3) is 11.5 Å². The third-order valence-corrected chi connectivity index (χ3v) is 5.22. The van der Waals surface area contributed by atoms with E-state index >= 15 is 0 Å². The maximum absolute atomic E-state index is 12.8. The highest BCUT2D eigenvalue weighted by Crippen LogP contribution is 2.39. The van der Waals surface area contributed by atoms with E-state index in [0.29, 0.717) is 0 Å². The van der Waals surface area contributed by atoms with Crippen LogP contribution >= 0.6 is 0 Å². The van der Waals surface area contributed by atoms with Crippen molar-refractivity contribution in [2.75, 3.05) is 12.8 Å². The minimum atomic E-state index is -3.68. The van der Waals surface area contributed by atoms with Crippen molar-refractivity contribution in [1.82, 2.24) is 9.88 Å². The SMILES string of the molecule is CC1Cn2c(=O)c(C(=O)NCC(=O)O)c(O)c3ccc(S(C)(=O)=O)c(c32)O1. The number of carboxylic acids is 1. The average molecular weight is 396 g/mol. The number of aliphatic carboxylic acids is 1. The lowest BCUT2D eigenvalue weighted by atomic mass is 10.1. The van der Waals surface area contributed by atoms with Crippen molar-refractivity contribution in [2.24, 2.45) is 0 Å². The van der Waals surface area contributed by atoms with E-state index in [1.54, 1.807) is 6.92 Å². The second-order valence-electron chi connectivity index (χ2n) is 6.21. The second kappa shape index (κ2) is 6.27. The van der Waals surface area contributed by atoms with Crippen molar-refractivity contribution in [3.8, 4) is 11.5 Å². The Morgan fingerprint density at radius 2 is 2.04 bits per heavy atom. The van der Waals surface area contributed by atoms with Crippen LogP contribution in [0.1, 0.15) is 17.3 Å². The summed E-state index contributed by atoms with van der Waals surface area (Å²) >= 11 is 0. The van der Waals surface area contributed by atoms with E-state index in [4.69, 9.17) is 9.84 Å². The Hall–Kier alpha value is -3.08. The summed E-state index contributed by atoms with van der Waals surface area (Å²) in [5.41, 5.74) is -1.42. The van der Waals surface area contributed by atoms with Gasteiger partial charge < -0.3 is 24.8 Å². The number of aromatic nitrogens is 1. The molecule has 0 saturated heterocycles. The van der Waals surface area contributed by atoms with E-state index in [0.717, 1.165) is 10.8 Å². The normalized spacial score (nSPS) is 16.0. The van der Waals surface area contributed by atoms with E-state index < -0.39 is 51.2 Å². The van der Waals surface area contributed by atoms with Gasteiger partial charge in [0.2, 0.25) is 0 Å². The van der Waals surface area contributed by atoms with Crippen LogP contribution in [0.3, 0.4) is 0 Å². The number of amides is 1. The molecule has 0 spiro atoms. The molecule has 1 aliphatic rings. The van der Waals surface area contributed by atoms with Gasteiger partial charge in [-0.15, -0.1) is 0 Å². The van der Waals surface area contributed by atoms with E-state index in [-0.39, 0.29) is 28.1 Å². The molecule has 0 radical (unpaired) electrons. The fourth-order valence-electron chi connectivity index (χ4n) is 3.01. The topological polar surface area (TPSA) is 152 Å². The highest BCUT2D eigenvalue weighted by molar-refractivity contribution is 7.90. The molecule has 1 aromatic heterocycles. The number of ether oxygens (including phenoxy) is 1. The second-order valence-corrected chi connectivity index (χ2v) is 8.19. The lowest BCUT2D eigenvalue weighted by Crippen LogP contribution is -2.39. The molecule has 0 bridgehead atoms. The number of sulfone groups is 1. The molecular formula is C16H16N2O8S. The summed E-state index contributed by atoms with van der Waals surface area (Å²) in [6.07, 6.45) is 0.421. The average Bonchev–Trinajstić information content (AvgIpc) is 2.56. The number of hydrogen-bond donors (Lipinski definition) is 3. The molecule has 3 rings (SSSR count). The van der Waals surface area contributed by atoms with Crippen LogP contribution in [0.25, 0.3) is 10.9 Å². The molecule has 11 heteroatoms. The number of carbonyl (C=O) groups is 2. The molecule has 3 N–H and O–H groups in total. The van der Waals surface area contributed by atoms with Gasteiger partial charge >= 0.3 is 5.97 Å². The fourth-order valence-corrected chi connectivity index (χ4v) is 3.81. The van der Waals surface area contributed by atoms with Crippen molar-refractivity contribution < 1.29 is 33.0 Å². The largest absolute Gasteiger partial charge is 0.506 e. The van der Waals surface area contributed by atoms with Crippen LogP contribution in [0.5, 0.6) is 11.5 Å². The summed E-state index contributed by atoms with van der Waals surface area (Å²) in [5.74, 6) is -3.10. The van der Waals surface area contributed by atoms with Crippen LogP contribution in [0.15, 0.2) is 21.8 Å². The first-order valence-corrected chi connectivity index (χ1v) is 9.70. The van der Waals surface area contributed by atoms with Gasteiger partial charge in [0.05, 0.1) is 12.1 Å². The minimum absolute atomic E-state index is 0.0229. The predicted octanol–water partition coefficient (Wildman–Crippen LogP) is -0.294. The number of hydrogen-bond acceptors (Lipinski definition) is 7. The van der Waals surface area contributed by atoms with E-state index in [2.05, 4.69) is 0 Å². The van der Waals surface area contributed by atoms with Crippen LogP contribution in [-0.4, -0.2) is 54.0 Å². The Kier molecular flexibility index (Phi) is 4.34. The smallest absolute Gasteiger partial charge is 0.322 e. The Morgan fingerprint density at radius 3 is 2.63 bits per heavy atom. The monoisotopic (exact) mass is 396 g/mol. The minimum Gasteiger partial charge on any atom is -0.506 e. The fraction of sp³-hybridized carbons (Fsp3) is 0.312. The van der Waals surface area contributed by atoms with Crippen molar-refractivity contribution in [3.05, 3.63) is 28.0 Å². The molecule has 1 amide bonds. The van der Waals surface area contributed by atoms with E-state index in [1.807, 2.05) is 5.32 Å². The van der Waals surface area contributed by atoms with Crippen LogP contribution in [-0.2, 0) is 21.2 Å². The van der Waals surface area contributed by atoms with Crippen molar-refractivity contribution in [2.45, 2.75) is 24.5 Å². The van der Waals surface area contributed by atoms with Crippen molar-refractivity contribution >= 4 is 32.6 Å². The van der Waals surface area contributed by atoms with Crippen LogP contribution in [0.2, 0.25) is 0 Å². The zero-order valence-corrected chi connectivity index (χ0v) is 15.2. The highest BCUT2D eigenvalue weighted by atomic mass is 32.2. The Labute approximate surface area is 152 Å². The lowest BCUT2D eigenvalue weighted by Gasteiger charge is -2.27. The Morgan fingerprint density at radius 1 is 1.37 bits per heavy atom. The summed E-state index contributed by atoms with van der Waals surface area (Å²) in [7, 11) is -3.68. The summed E-state index contributed by atoms with van der Waals surface area (Å²) in [6, 6.07) is 2.49. The van der Waals surface area contributed by atoms with Gasteiger partial charge in [-0.25, -0.2) is 8.42 Å². The zero-order chi connectivity index (χ0) is 20.1. The molecule has 1 atom stereocenters. The van der Waals surface area contributed by atoms with Gasteiger partial charge in [-0.2, -0.15) is 0 Å². The molecule has 0 aliphatic carbocycles. The van der Waals surface area contributed by atoms with Crippen LogP contribution in [0, 0.1) is 0 Å². The molecule has 0 saturated carbocycles. The zero-order valence-electron chi connectivity index (χ0n) is 14.3. The number of carboxylic acid groups (broad SMARTS) is 1. The molecule has 27 heavy (non-hydrogen) atoms. The summed E-state index contributed by atoms with van der Waals surface area (Å²) < 4.78 is 30.9. The maximum Gasteiger partial charge on any atom is 0.322 e. The number of benzene rings is 1.